The van der Waals surface area contributed by atoms with Crippen LogP contribution in [0.2, 0.25) is 0 Å². The first-order valence-electron chi connectivity index (χ1n) is 4.72. The highest BCUT2D eigenvalue weighted by molar-refractivity contribution is 4.95. The van der Waals surface area contributed by atoms with Crippen molar-refractivity contribution < 1.29 is 0 Å². The Kier molecular flexibility index (Phi) is 3.09. The van der Waals surface area contributed by atoms with Crippen LogP contribution in [-0.4, -0.2) is 9.55 Å². The summed E-state index contributed by atoms with van der Waals surface area (Å²) in [4.78, 5) is 4.17. The Morgan fingerprint density at radius 2 is 2.15 bits per heavy atom. The minimum atomic E-state index is 0.382. The first kappa shape index (κ1) is 10.3. The number of hydrogen-bond donors (Lipinski definition) is 1. The summed E-state index contributed by atoms with van der Waals surface area (Å²) in [5.41, 5.74) is 6.82. The van der Waals surface area contributed by atoms with Crippen molar-refractivity contribution in [1.29, 1.82) is 0 Å². The van der Waals surface area contributed by atoms with Gasteiger partial charge in [0.25, 0.3) is 0 Å². The van der Waals surface area contributed by atoms with Crippen LogP contribution in [0.4, 0.5) is 0 Å². The van der Waals surface area contributed by atoms with E-state index in [0.717, 1.165) is 18.7 Å². The Labute approximate surface area is 80.0 Å². The second-order valence-corrected chi connectivity index (χ2v) is 4.62. The first-order chi connectivity index (χ1) is 6.01. The first-order valence-corrected chi connectivity index (χ1v) is 4.72. The lowest BCUT2D eigenvalue weighted by Gasteiger charge is -2.17. The molecule has 0 atom stereocenters. The minimum Gasteiger partial charge on any atom is -0.337 e. The van der Waals surface area contributed by atoms with E-state index in [1.54, 1.807) is 0 Å². The number of nitrogens with zero attached hydrogens (tertiary/aromatic N) is 2. The van der Waals surface area contributed by atoms with E-state index >= 15 is 0 Å². The predicted octanol–water partition coefficient (Wildman–Crippen LogP) is 1.78. The van der Waals surface area contributed by atoms with Crippen LogP contribution in [0, 0.1) is 5.41 Å². The van der Waals surface area contributed by atoms with Crippen molar-refractivity contribution >= 4 is 0 Å². The van der Waals surface area contributed by atoms with Gasteiger partial charge in [-0.05, 0) is 11.8 Å². The van der Waals surface area contributed by atoms with Crippen LogP contribution >= 0.6 is 0 Å². The zero-order valence-corrected chi connectivity index (χ0v) is 8.75. The highest BCUT2D eigenvalue weighted by Gasteiger charge is 2.09. The Morgan fingerprint density at radius 3 is 2.62 bits per heavy atom. The molecule has 74 valence electrons. The fourth-order valence-corrected chi connectivity index (χ4v) is 1.10. The molecular formula is C10H19N3. The molecule has 0 aliphatic heterocycles. The largest absolute Gasteiger partial charge is 0.337 e. The maximum Gasteiger partial charge on any atom is 0.0949 e. The van der Waals surface area contributed by atoms with Gasteiger partial charge in [-0.1, -0.05) is 20.8 Å². The number of imidazole rings is 1. The summed E-state index contributed by atoms with van der Waals surface area (Å²) in [7, 11) is 0. The van der Waals surface area contributed by atoms with Crippen molar-refractivity contribution in [3.05, 3.63) is 18.2 Å². The Balaban J connectivity index is 2.46. The zero-order valence-electron chi connectivity index (χ0n) is 8.75. The molecule has 1 aromatic rings. The van der Waals surface area contributed by atoms with E-state index in [0.29, 0.717) is 12.0 Å². The molecule has 0 unspecified atom stereocenters. The number of nitrogens with two attached hydrogens (primary N) is 1. The van der Waals surface area contributed by atoms with E-state index in [2.05, 4.69) is 30.3 Å². The average Bonchev–Trinajstić information content (AvgIpc) is 2.47. The molecule has 0 aliphatic rings. The highest BCUT2D eigenvalue weighted by atomic mass is 15.0. The summed E-state index contributed by atoms with van der Waals surface area (Å²) in [6.07, 6.45) is 5.03. The molecule has 0 saturated carbocycles. The summed E-state index contributed by atoms with van der Waals surface area (Å²) >= 11 is 0. The standard InChI is InChI=1S/C10H19N3/c1-10(2,3)4-5-13-7-9(6-11)12-8-13/h7-8H,4-6,11H2,1-3H3. The van der Waals surface area contributed by atoms with Crippen LogP contribution < -0.4 is 5.73 Å². The molecule has 0 fully saturated rings. The van der Waals surface area contributed by atoms with Gasteiger partial charge in [0.2, 0.25) is 0 Å². The Bertz CT molecular complexity index is 257. The van der Waals surface area contributed by atoms with E-state index in [1.165, 1.54) is 0 Å². The maximum atomic E-state index is 5.47. The van der Waals surface area contributed by atoms with Gasteiger partial charge < -0.3 is 10.3 Å². The molecule has 3 heteroatoms. The topological polar surface area (TPSA) is 43.8 Å². The second kappa shape index (κ2) is 3.92. The Morgan fingerprint density at radius 1 is 1.46 bits per heavy atom. The molecule has 1 rings (SSSR count). The van der Waals surface area contributed by atoms with Crippen LogP contribution in [0.1, 0.15) is 32.9 Å². The second-order valence-electron chi connectivity index (χ2n) is 4.62. The third-order valence-electron chi connectivity index (χ3n) is 2.02. The third-order valence-corrected chi connectivity index (χ3v) is 2.02. The average molecular weight is 181 g/mol. The van der Waals surface area contributed by atoms with Gasteiger partial charge >= 0.3 is 0 Å². The molecule has 0 aliphatic carbocycles. The molecule has 3 nitrogen and oxygen atoms in total. The zero-order chi connectivity index (χ0) is 9.90. The molecule has 1 aromatic heterocycles. The van der Waals surface area contributed by atoms with Gasteiger partial charge in [0.15, 0.2) is 0 Å². The molecule has 0 saturated heterocycles. The lowest BCUT2D eigenvalue weighted by molar-refractivity contribution is 0.350. The molecule has 0 aromatic carbocycles. The molecular weight excluding hydrogens is 162 g/mol. The van der Waals surface area contributed by atoms with E-state index in [9.17, 15) is 0 Å². The smallest absolute Gasteiger partial charge is 0.0949 e. The quantitative estimate of drug-likeness (QED) is 0.772. The fourth-order valence-electron chi connectivity index (χ4n) is 1.10. The summed E-state index contributed by atoms with van der Waals surface area (Å²) in [5.74, 6) is 0. The Hall–Kier alpha value is -0.830. The molecule has 0 amide bonds. The van der Waals surface area contributed by atoms with Gasteiger partial charge in [-0.3, -0.25) is 0 Å². The van der Waals surface area contributed by atoms with E-state index < -0.39 is 0 Å². The predicted molar refractivity (Wildman–Crippen MR) is 54.2 cm³/mol. The van der Waals surface area contributed by atoms with Gasteiger partial charge in [0.05, 0.1) is 12.0 Å². The number of aromatic nitrogens is 2. The molecule has 0 bridgehead atoms. The van der Waals surface area contributed by atoms with Gasteiger partial charge in [-0.2, -0.15) is 0 Å². The normalized spacial score (nSPS) is 12.0. The third kappa shape index (κ3) is 3.59. The maximum absolute atomic E-state index is 5.47. The molecule has 1 heterocycles. The van der Waals surface area contributed by atoms with Crippen LogP contribution in [0.3, 0.4) is 0 Å². The summed E-state index contributed by atoms with van der Waals surface area (Å²) in [6, 6.07) is 0. The lowest BCUT2D eigenvalue weighted by Crippen LogP contribution is -2.09. The van der Waals surface area contributed by atoms with Crippen molar-refractivity contribution in [3.8, 4) is 0 Å². The molecule has 2 N–H and O–H groups in total. The number of aryl methyl sites for hydroxylation is 1. The molecule has 13 heavy (non-hydrogen) atoms. The number of hydrogen-bond acceptors (Lipinski definition) is 2. The van der Waals surface area contributed by atoms with Crippen LogP contribution in [-0.2, 0) is 13.1 Å². The van der Waals surface area contributed by atoms with Crippen molar-refractivity contribution in [1.82, 2.24) is 9.55 Å². The lowest BCUT2D eigenvalue weighted by atomic mass is 9.92. The van der Waals surface area contributed by atoms with Gasteiger partial charge in [0, 0.05) is 19.3 Å². The molecule has 0 spiro atoms. The van der Waals surface area contributed by atoms with Crippen molar-refractivity contribution in [2.75, 3.05) is 0 Å². The molecule has 0 radical (unpaired) electrons. The summed E-state index contributed by atoms with van der Waals surface area (Å²) in [6.45, 7) is 8.29. The van der Waals surface area contributed by atoms with Crippen molar-refractivity contribution in [2.24, 2.45) is 11.1 Å². The van der Waals surface area contributed by atoms with Crippen molar-refractivity contribution in [2.45, 2.75) is 40.3 Å². The van der Waals surface area contributed by atoms with Crippen LogP contribution in [0.5, 0.6) is 0 Å². The van der Waals surface area contributed by atoms with E-state index in [-0.39, 0.29) is 0 Å². The van der Waals surface area contributed by atoms with E-state index in [4.69, 9.17) is 5.73 Å². The van der Waals surface area contributed by atoms with Gasteiger partial charge in [0.1, 0.15) is 0 Å². The van der Waals surface area contributed by atoms with Crippen LogP contribution in [0.25, 0.3) is 0 Å². The van der Waals surface area contributed by atoms with Gasteiger partial charge in [-0.15, -0.1) is 0 Å². The van der Waals surface area contributed by atoms with E-state index in [1.807, 2.05) is 12.5 Å². The van der Waals surface area contributed by atoms with Gasteiger partial charge in [-0.25, -0.2) is 4.98 Å². The monoisotopic (exact) mass is 181 g/mol. The van der Waals surface area contributed by atoms with Crippen LogP contribution in [0.15, 0.2) is 12.5 Å². The van der Waals surface area contributed by atoms with Crippen molar-refractivity contribution in [3.63, 3.8) is 0 Å². The summed E-state index contributed by atoms with van der Waals surface area (Å²) < 4.78 is 2.10. The highest BCUT2D eigenvalue weighted by Crippen LogP contribution is 2.19. The number of rotatable bonds is 3. The summed E-state index contributed by atoms with van der Waals surface area (Å²) in [5, 5.41) is 0. The minimum absolute atomic E-state index is 0.382. The SMILES string of the molecule is CC(C)(C)CCn1cnc(CN)c1. The fraction of sp³-hybridized carbons (Fsp3) is 0.700.